The minimum atomic E-state index is -3.26. The van der Waals surface area contributed by atoms with Gasteiger partial charge in [-0.15, -0.1) is 11.8 Å². The smallest absolute Gasteiger partial charge is 0.322 e. The van der Waals surface area contributed by atoms with Crippen LogP contribution in [0.5, 0.6) is 0 Å². The SMILES string of the molecule is CC(C)(C)OC(=O)C(C(=O)O)C(C)(C)SCc1ccc(S(C)(=O)=O)cc1. The number of sulfone groups is 1. The van der Waals surface area contributed by atoms with Crippen LogP contribution in [-0.4, -0.2) is 42.1 Å². The zero-order valence-electron chi connectivity index (χ0n) is 15.9. The van der Waals surface area contributed by atoms with Crippen molar-refractivity contribution in [2.75, 3.05) is 6.26 Å². The van der Waals surface area contributed by atoms with Gasteiger partial charge in [0.25, 0.3) is 0 Å². The lowest BCUT2D eigenvalue weighted by atomic mass is 9.94. The molecule has 0 aliphatic carbocycles. The van der Waals surface area contributed by atoms with E-state index >= 15 is 0 Å². The molecule has 1 aromatic carbocycles. The largest absolute Gasteiger partial charge is 0.481 e. The molecule has 0 aromatic heterocycles. The Balaban J connectivity index is 2.91. The number of benzene rings is 1. The maximum Gasteiger partial charge on any atom is 0.322 e. The van der Waals surface area contributed by atoms with Gasteiger partial charge in [0.1, 0.15) is 5.60 Å². The summed E-state index contributed by atoms with van der Waals surface area (Å²) in [6.45, 7) is 8.43. The summed E-state index contributed by atoms with van der Waals surface area (Å²) in [5.74, 6) is -2.88. The van der Waals surface area contributed by atoms with Crippen LogP contribution in [0.4, 0.5) is 0 Å². The van der Waals surface area contributed by atoms with Crippen LogP contribution in [0.15, 0.2) is 29.2 Å². The Kier molecular flexibility index (Phi) is 6.92. The molecule has 0 aliphatic heterocycles. The first-order chi connectivity index (χ1) is 11.6. The molecule has 1 aromatic rings. The van der Waals surface area contributed by atoms with Crippen molar-refractivity contribution in [2.45, 2.75) is 55.6 Å². The molecule has 0 saturated carbocycles. The Hall–Kier alpha value is -1.54. The van der Waals surface area contributed by atoms with Crippen molar-refractivity contribution in [3.05, 3.63) is 29.8 Å². The van der Waals surface area contributed by atoms with Gasteiger partial charge in [0.15, 0.2) is 15.8 Å². The van der Waals surface area contributed by atoms with E-state index in [1.807, 2.05) is 0 Å². The standard InChI is InChI=1S/C18H26O6S2/c1-17(2,3)24-16(21)14(15(19)20)18(4,5)25-11-12-7-9-13(10-8-12)26(6,22)23/h7-10,14H,11H2,1-6H3,(H,19,20). The highest BCUT2D eigenvalue weighted by atomic mass is 32.2. The molecule has 0 heterocycles. The third-order valence-electron chi connectivity index (χ3n) is 3.55. The maximum atomic E-state index is 12.3. The van der Waals surface area contributed by atoms with E-state index in [4.69, 9.17) is 4.74 Å². The summed E-state index contributed by atoms with van der Waals surface area (Å²) in [4.78, 5) is 24.2. The van der Waals surface area contributed by atoms with E-state index in [1.54, 1.807) is 46.8 Å². The monoisotopic (exact) mass is 402 g/mol. The van der Waals surface area contributed by atoms with Gasteiger partial charge in [-0.1, -0.05) is 12.1 Å². The van der Waals surface area contributed by atoms with E-state index in [1.165, 1.54) is 23.9 Å². The topological polar surface area (TPSA) is 97.7 Å². The number of carbonyl (C=O) groups excluding carboxylic acids is 1. The first-order valence-electron chi connectivity index (χ1n) is 8.02. The summed E-state index contributed by atoms with van der Waals surface area (Å²) in [6, 6.07) is 6.40. The Labute approximate surface area is 159 Å². The molecule has 0 saturated heterocycles. The second-order valence-corrected chi connectivity index (χ2v) is 11.3. The number of hydrogen-bond donors (Lipinski definition) is 1. The average Bonchev–Trinajstić information content (AvgIpc) is 2.42. The van der Waals surface area contributed by atoms with Crippen molar-refractivity contribution < 1.29 is 27.9 Å². The Morgan fingerprint density at radius 3 is 2.00 bits per heavy atom. The van der Waals surface area contributed by atoms with Gasteiger partial charge in [0.05, 0.1) is 4.90 Å². The van der Waals surface area contributed by atoms with E-state index < -0.39 is 38.0 Å². The number of thioether (sulfide) groups is 1. The van der Waals surface area contributed by atoms with Crippen LogP contribution in [0.25, 0.3) is 0 Å². The van der Waals surface area contributed by atoms with Crippen LogP contribution in [0.1, 0.15) is 40.2 Å². The van der Waals surface area contributed by atoms with Gasteiger partial charge >= 0.3 is 11.9 Å². The molecule has 0 amide bonds. The Bertz CT molecular complexity index is 758. The second-order valence-electron chi connectivity index (χ2n) is 7.61. The zero-order valence-corrected chi connectivity index (χ0v) is 17.5. The summed E-state index contributed by atoms with van der Waals surface area (Å²) >= 11 is 1.30. The van der Waals surface area contributed by atoms with Crippen LogP contribution < -0.4 is 0 Å². The lowest BCUT2D eigenvalue weighted by molar-refractivity contribution is -0.167. The van der Waals surface area contributed by atoms with E-state index in [0.29, 0.717) is 5.75 Å². The first-order valence-corrected chi connectivity index (χ1v) is 10.9. The van der Waals surface area contributed by atoms with Crippen LogP contribution in [0.3, 0.4) is 0 Å². The first kappa shape index (κ1) is 22.5. The zero-order chi connectivity index (χ0) is 20.3. The molecule has 26 heavy (non-hydrogen) atoms. The van der Waals surface area contributed by atoms with Gasteiger partial charge in [-0.3, -0.25) is 9.59 Å². The minimum Gasteiger partial charge on any atom is -0.481 e. The Morgan fingerprint density at radius 2 is 1.62 bits per heavy atom. The molecule has 6 nitrogen and oxygen atoms in total. The molecular weight excluding hydrogens is 376 g/mol. The highest BCUT2D eigenvalue weighted by Crippen LogP contribution is 2.36. The normalized spacial score (nSPS) is 13.9. The number of rotatable bonds is 7. The van der Waals surface area contributed by atoms with E-state index in [-0.39, 0.29) is 4.90 Å². The van der Waals surface area contributed by atoms with E-state index in [0.717, 1.165) is 11.8 Å². The summed E-state index contributed by atoms with van der Waals surface area (Å²) in [5, 5.41) is 9.52. The molecule has 0 radical (unpaired) electrons. The molecule has 1 rings (SSSR count). The highest BCUT2D eigenvalue weighted by Gasteiger charge is 2.44. The lowest BCUT2D eigenvalue weighted by Gasteiger charge is -2.31. The molecule has 0 spiro atoms. The third kappa shape index (κ3) is 6.64. The number of hydrogen-bond acceptors (Lipinski definition) is 6. The summed E-state index contributed by atoms with van der Waals surface area (Å²) in [7, 11) is -3.26. The molecule has 146 valence electrons. The quantitative estimate of drug-likeness (QED) is 0.552. The average molecular weight is 403 g/mol. The number of carboxylic acid groups (broad SMARTS) is 1. The molecule has 0 fully saturated rings. The second kappa shape index (κ2) is 8.00. The molecule has 1 unspecified atom stereocenters. The molecule has 8 heteroatoms. The predicted molar refractivity (Wildman–Crippen MR) is 102 cm³/mol. The number of aliphatic carboxylic acids is 1. The van der Waals surface area contributed by atoms with E-state index in [9.17, 15) is 23.1 Å². The van der Waals surface area contributed by atoms with Crippen LogP contribution in [-0.2, 0) is 29.9 Å². The van der Waals surface area contributed by atoms with Crippen LogP contribution >= 0.6 is 11.8 Å². The van der Waals surface area contributed by atoms with Gasteiger partial charge in [-0.05, 0) is 52.3 Å². The van der Waals surface area contributed by atoms with Gasteiger partial charge in [-0.25, -0.2) is 8.42 Å². The van der Waals surface area contributed by atoms with E-state index in [2.05, 4.69) is 0 Å². The molecule has 1 atom stereocenters. The van der Waals surface area contributed by atoms with Crippen molar-refractivity contribution in [1.29, 1.82) is 0 Å². The van der Waals surface area contributed by atoms with Gasteiger partial charge in [0.2, 0.25) is 0 Å². The number of carbonyl (C=O) groups is 2. The fourth-order valence-electron chi connectivity index (χ4n) is 2.23. The van der Waals surface area contributed by atoms with Crippen LogP contribution in [0.2, 0.25) is 0 Å². The van der Waals surface area contributed by atoms with Crippen molar-refractivity contribution in [1.82, 2.24) is 0 Å². The van der Waals surface area contributed by atoms with Crippen LogP contribution in [0, 0.1) is 5.92 Å². The van der Waals surface area contributed by atoms with Gasteiger partial charge in [-0.2, -0.15) is 0 Å². The van der Waals surface area contributed by atoms with Gasteiger partial charge < -0.3 is 9.84 Å². The van der Waals surface area contributed by atoms with Crippen molar-refractivity contribution >= 4 is 33.5 Å². The van der Waals surface area contributed by atoms with Crippen molar-refractivity contribution in [3.8, 4) is 0 Å². The number of ether oxygens (including phenoxy) is 1. The third-order valence-corrected chi connectivity index (χ3v) is 6.13. The predicted octanol–water partition coefficient (Wildman–Crippen LogP) is 3.14. The minimum absolute atomic E-state index is 0.225. The highest BCUT2D eigenvalue weighted by molar-refractivity contribution is 7.99. The molecule has 0 aliphatic rings. The molecule has 1 N–H and O–H groups in total. The fourth-order valence-corrected chi connectivity index (χ4v) is 3.95. The number of esters is 1. The Morgan fingerprint density at radius 1 is 1.12 bits per heavy atom. The summed E-state index contributed by atoms with van der Waals surface area (Å²) in [6.07, 6.45) is 1.14. The summed E-state index contributed by atoms with van der Waals surface area (Å²) < 4.78 is 27.3. The van der Waals surface area contributed by atoms with Crippen molar-refractivity contribution in [3.63, 3.8) is 0 Å². The molecular formula is C18H26O6S2. The maximum absolute atomic E-state index is 12.3. The van der Waals surface area contributed by atoms with Gasteiger partial charge in [0, 0.05) is 16.8 Å². The number of carboxylic acids is 1. The lowest BCUT2D eigenvalue weighted by Crippen LogP contribution is -2.43. The summed E-state index contributed by atoms with van der Waals surface area (Å²) in [5.41, 5.74) is 0.0660. The van der Waals surface area contributed by atoms with Crippen molar-refractivity contribution in [2.24, 2.45) is 5.92 Å². The fraction of sp³-hybridized carbons (Fsp3) is 0.556. The molecule has 0 bridgehead atoms.